The number of aromatic nitrogens is 2. The van der Waals surface area contributed by atoms with Gasteiger partial charge in [0.25, 0.3) is 0 Å². The van der Waals surface area contributed by atoms with Crippen molar-refractivity contribution in [3.63, 3.8) is 0 Å². The summed E-state index contributed by atoms with van der Waals surface area (Å²) in [5.41, 5.74) is 10.7. The number of rotatable bonds is 2. The first kappa shape index (κ1) is 13.5. The maximum atomic E-state index is 4.36. The minimum Gasteiger partial charge on any atom is -0.318 e. The molecule has 0 unspecified atom stereocenters. The second-order valence-corrected chi connectivity index (χ2v) is 6.18. The van der Waals surface area contributed by atoms with Gasteiger partial charge in [0.15, 0.2) is 0 Å². The highest BCUT2D eigenvalue weighted by Crippen LogP contribution is 2.41. The Bertz CT molecular complexity index is 997. The van der Waals surface area contributed by atoms with Gasteiger partial charge in [-0.1, -0.05) is 42.5 Å². The predicted molar refractivity (Wildman–Crippen MR) is 95.5 cm³/mol. The maximum absolute atomic E-state index is 4.36. The summed E-state index contributed by atoms with van der Waals surface area (Å²) in [7, 11) is 0. The number of hydrazine groups is 1. The third-order valence-electron chi connectivity index (χ3n) is 4.60. The van der Waals surface area contributed by atoms with E-state index in [1.54, 1.807) is 6.20 Å². The van der Waals surface area contributed by atoms with Crippen molar-refractivity contribution in [1.82, 2.24) is 15.2 Å². The SMILES string of the molecule is c1ccc(CN2Cc3ccc4ccnnc4c4ccc(c3-4)N2)cc1. The molecule has 1 aromatic carbocycles. The molecule has 3 aliphatic rings. The van der Waals surface area contributed by atoms with Crippen LogP contribution in [0.3, 0.4) is 0 Å². The van der Waals surface area contributed by atoms with Crippen LogP contribution < -0.4 is 5.43 Å². The van der Waals surface area contributed by atoms with Crippen molar-refractivity contribution in [2.75, 3.05) is 5.43 Å². The average molecular weight is 312 g/mol. The molecule has 2 aliphatic carbocycles. The Morgan fingerprint density at radius 2 is 1.88 bits per heavy atom. The van der Waals surface area contributed by atoms with Gasteiger partial charge in [-0.2, -0.15) is 5.10 Å². The monoisotopic (exact) mass is 312 g/mol. The molecule has 0 bridgehead atoms. The van der Waals surface area contributed by atoms with E-state index < -0.39 is 0 Å². The molecule has 0 atom stereocenters. The summed E-state index contributed by atoms with van der Waals surface area (Å²) < 4.78 is 0. The minimum absolute atomic E-state index is 0.858. The molecule has 4 heteroatoms. The normalized spacial score (nSPS) is 14.0. The van der Waals surface area contributed by atoms with Crippen LogP contribution in [0.2, 0.25) is 0 Å². The van der Waals surface area contributed by atoms with Gasteiger partial charge in [0.1, 0.15) is 5.52 Å². The summed E-state index contributed by atoms with van der Waals surface area (Å²) in [6.07, 6.45) is 1.75. The van der Waals surface area contributed by atoms with Crippen molar-refractivity contribution in [3.8, 4) is 11.1 Å². The molecule has 1 N–H and O–H groups in total. The topological polar surface area (TPSA) is 41.1 Å². The van der Waals surface area contributed by atoms with Gasteiger partial charge in [0, 0.05) is 29.6 Å². The van der Waals surface area contributed by atoms with Crippen molar-refractivity contribution >= 4 is 16.6 Å². The molecule has 0 saturated carbocycles. The quantitative estimate of drug-likeness (QED) is 0.605. The Morgan fingerprint density at radius 1 is 0.958 bits per heavy atom. The summed E-state index contributed by atoms with van der Waals surface area (Å²) in [5.74, 6) is 0. The summed E-state index contributed by atoms with van der Waals surface area (Å²) in [6.45, 7) is 1.72. The number of hydrogen-bond donors (Lipinski definition) is 1. The first-order valence-electron chi connectivity index (χ1n) is 8.10. The van der Waals surface area contributed by atoms with E-state index in [0.29, 0.717) is 0 Å². The molecule has 1 aliphatic heterocycles. The predicted octanol–water partition coefficient (Wildman–Crippen LogP) is 4.08. The lowest BCUT2D eigenvalue weighted by Crippen LogP contribution is -2.31. The Balaban J connectivity index is 1.58. The highest BCUT2D eigenvalue weighted by molar-refractivity contribution is 6.00. The van der Waals surface area contributed by atoms with Gasteiger partial charge in [0.05, 0.1) is 11.9 Å². The van der Waals surface area contributed by atoms with E-state index >= 15 is 0 Å². The molecule has 2 aromatic rings. The van der Waals surface area contributed by atoms with Gasteiger partial charge in [-0.3, -0.25) is 0 Å². The van der Waals surface area contributed by atoms with Gasteiger partial charge in [-0.15, -0.1) is 5.10 Å². The fourth-order valence-corrected chi connectivity index (χ4v) is 3.52. The number of benzene rings is 1. The highest BCUT2D eigenvalue weighted by Gasteiger charge is 2.24. The van der Waals surface area contributed by atoms with Crippen molar-refractivity contribution in [2.45, 2.75) is 13.1 Å². The summed E-state index contributed by atoms with van der Waals surface area (Å²) in [5, 5.41) is 11.8. The molecule has 0 saturated heterocycles. The lowest BCUT2D eigenvalue weighted by molar-refractivity contribution is 0.309. The van der Waals surface area contributed by atoms with Crippen molar-refractivity contribution < 1.29 is 0 Å². The van der Waals surface area contributed by atoms with Crippen LogP contribution in [0.5, 0.6) is 0 Å². The van der Waals surface area contributed by atoms with Gasteiger partial charge >= 0.3 is 0 Å². The van der Waals surface area contributed by atoms with Crippen LogP contribution in [0.4, 0.5) is 5.69 Å². The van der Waals surface area contributed by atoms with E-state index in [1.165, 1.54) is 22.3 Å². The van der Waals surface area contributed by atoms with E-state index in [4.69, 9.17) is 0 Å². The molecule has 1 aromatic heterocycles. The number of fused-ring (bicyclic) bond motifs is 2. The molecule has 5 rings (SSSR count). The van der Waals surface area contributed by atoms with Crippen LogP contribution in [0, 0.1) is 0 Å². The molecule has 4 nitrogen and oxygen atoms in total. The molecule has 0 amide bonds. The summed E-state index contributed by atoms with van der Waals surface area (Å²) in [6, 6.07) is 21.2. The van der Waals surface area contributed by atoms with E-state index in [1.807, 2.05) is 6.07 Å². The van der Waals surface area contributed by atoms with Crippen LogP contribution >= 0.6 is 0 Å². The molecule has 24 heavy (non-hydrogen) atoms. The number of nitrogens with one attached hydrogen (secondary N) is 1. The third-order valence-corrected chi connectivity index (χ3v) is 4.60. The molecular weight excluding hydrogens is 296 g/mol. The second kappa shape index (κ2) is 5.28. The lowest BCUT2D eigenvalue weighted by atomic mass is 10.0. The Morgan fingerprint density at radius 3 is 2.79 bits per heavy atom. The van der Waals surface area contributed by atoms with Gasteiger partial charge in [-0.05, 0) is 29.3 Å². The largest absolute Gasteiger partial charge is 0.318 e. The first-order chi connectivity index (χ1) is 11.9. The zero-order valence-corrected chi connectivity index (χ0v) is 13.1. The van der Waals surface area contributed by atoms with E-state index in [0.717, 1.165) is 29.7 Å². The third kappa shape index (κ3) is 2.12. The second-order valence-electron chi connectivity index (χ2n) is 6.18. The van der Waals surface area contributed by atoms with Crippen LogP contribution in [0.1, 0.15) is 11.1 Å². The zero-order valence-electron chi connectivity index (χ0n) is 13.1. The molecule has 0 spiro atoms. The smallest absolute Gasteiger partial charge is 0.101 e. The highest BCUT2D eigenvalue weighted by atomic mass is 15.5. The average Bonchev–Trinajstić information content (AvgIpc) is 2.97. The lowest BCUT2D eigenvalue weighted by Gasteiger charge is -2.29. The van der Waals surface area contributed by atoms with Crippen LogP contribution in [-0.2, 0) is 13.1 Å². The van der Waals surface area contributed by atoms with Crippen LogP contribution in [-0.4, -0.2) is 15.2 Å². The Hall–Kier alpha value is -2.98. The molecule has 0 radical (unpaired) electrons. The van der Waals surface area contributed by atoms with Gasteiger partial charge in [-0.25, -0.2) is 5.01 Å². The minimum atomic E-state index is 0.858. The zero-order chi connectivity index (χ0) is 15.9. The summed E-state index contributed by atoms with van der Waals surface area (Å²) >= 11 is 0. The number of nitrogens with zero attached hydrogens (tertiary/aromatic N) is 3. The van der Waals surface area contributed by atoms with E-state index in [9.17, 15) is 0 Å². The van der Waals surface area contributed by atoms with Crippen molar-refractivity contribution in [3.05, 3.63) is 78.0 Å². The molecule has 116 valence electrons. The maximum Gasteiger partial charge on any atom is 0.101 e. The first-order valence-corrected chi connectivity index (χ1v) is 8.10. The Labute approximate surface area is 140 Å². The van der Waals surface area contributed by atoms with Crippen molar-refractivity contribution in [2.24, 2.45) is 0 Å². The Kier molecular flexibility index (Phi) is 2.96. The van der Waals surface area contributed by atoms with Gasteiger partial charge in [0.2, 0.25) is 0 Å². The standard InChI is InChI=1S/C20H16N4/c1-2-4-14(5-3-1)12-24-13-16-7-6-15-10-11-21-22-20(15)17-8-9-18(23-24)19(16)17/h1-11,23H,12-13H2. The number of hydrogen-bond acceptors (Lipinski definition) is 4. The van der Waals surface area contributed by atoms with Crippen LogP contribution in [0.25, 0.3) is 22.0 Å². The summed E-state index contributed by atoms with van der Waals surface area (Å²) in [4.78, 5) is 0. The fraction of sp³-hybridized carbons (Fsp3) is 0.100. The van der Waals surface area contributed by atoms with Crippen LogP contribution in [0.15, 0.2) is 66.9 Å². The number of anilines is 1. The fourth-order valence-electron chi connectivity index (χ4n) is 3.52. The molecular formula is C20H16N4. The molecule has 0 fully saturated rings. The van der Waals surface area contributed by atoms with E-state index in [-0.39, 0.29) is 0 Å². The van der Waals surface area contributed by atoms with Crippen molar-refractivity contribution in [1.29, 1.82) is 0 Å². The molecule has 2 heterocycles. The van der Waals surface area contributed by atoms with Gasteiger partial charge < -0.3 is 5.43 Å². The van der Waals surface area contributed by atoms with E-state index in [2.05, 4.69) is 75.2 Å².